The first kappa shape index (κ1) is 13.2. The molecule has 0 spiro atoms. The number of pyridine rings is 1. The van der Waals surface area contributed by atoms with Gasteiger partial charge in [0, 0.05) is 18.0 Å². The van der Waals surface area contributed by atoms with Crippen LogP contribution in [-0.2, 0) is 6.42 Å². The summed E-state index contributed by atoms with van der Waals surface area (Å²) >= 11 is 0. The highest BCUT2D eigenvalue weighted by Gasteiger charge is 2.07. The van der Waals surface area contributed by atoms with Crippen LogP contribution in [0.25, 0.3) is 11.4 Å². The van der Waals surface area contributed by atoms with Gasteiger partial charge in [-0.3, -0.25) is 10.1 Å². The fourth-order valence-corrected chi connectivity index (χ4v) is 2.17. The Kier molecular flexibility index (Phi) is 3.55. The normalized spacial score (nSPS) is 10.5. The van der Waals surface area contributed by atoms with E-state index in [9.17, 15) is 5.11 Å². The maximum absolute atomic E-state index is 9.53. The van der Waals surface area contributed by atoms with Crippen LogP contribution in [0.3, 0.4) is 0 Å². The van der Waals surface area contributed by atoms with Gasteiger partial charge in [0.05, 0.1) is 11.4 Å². The van der Waals surface area contributed by atoms with Crippen molar-refractivity contribution >= 4 is 11.5 Å². The summed E-state index contributed by atoms with van der Waals surface area (Å²) in [6, 6.07) is 12.9. The molecule has 0 fully saturated rings. The number of aromatic nitrogens is 3. The molecule has 0 unspecified atom stereocenters. The van der Waals surface area contributed by atoms with Crippen molar-refractivity contribution in [3.8, 4) is 17.1 Å². The lowest BCUT2D eigenvalue weighted by molar-refractivity contribution is 0.474. The molecule has 0 saturated carbocycles. The Balaban J connectivity index is 1.85. The number of benzene rings is 1. The second-order valence-electron chi connectivity index (χ2n) is 4.70. The molecule has 2 aromatic heterocycles. The number of aryl methyl sites for hydroxylation is 1. The second kappa shape index (κ2) is 5.66. The van der Waals surface area contributed by atoms with Gasteiger partial charge in [-0.05, 0) is 42.3 Å². The standard InChI is InChI=1S/C16H16N4O/c1-2-11-9-12(21)6-7-13(11)18-16-10-15(19-20-16)14-5-3-4-8-17-14/h3-10,21H,2H2,1H3,(H2,18,19,20). The van der Waals surface area contributed by atoms with Crippen molar-refractivity contribution in [2.24, 2.45) is 0 Å². The van der Waals surface area contributed by atoms with Gasteiger partial charge in [-0.1, -0.05) is 13.0 Å². The number of nitrogens with zero attached hydrogens (tertiary/aromatic N) is 2. The number of nitrogens with one attached hydrogen (secondary N) is 2. The van der Waals surface area contributed by atoms with Gasteiger partial charge in [0.1, 0.15) is 5.75 Å². The number of hydrogen-bond acceptors (Lipinski definition) is 4. The molecule has 0 atom stereocenters. The van der Waals surface area contributed by atoms with Crippen LogP contribution in [0, 0.1) is 0 Å². The van der Waals surface area contributed by atoms with Crippen molar-refractivity contribution in [3.63, 3.8) is 0 Å². The smallest absolute Gasteiger partial charge is 0.152 e. The fourth-order valence-electron chi connectivity index (χ4n) is 2.17. The quantitative estimate of drug-likeness (QED) is 0.640. The molecule has 0 aliphatic heterocycles. The molecule has 0 saturated heterocycles. The molecule has 0 aliphatic carbocycles. The van der Waals surface area contributed by atoms with Crippen molar-refractivity contribution < 1.29 is 5.11 Å². The van der Waals surface area contributed by atoms with Crippen LogP contribution in [0.4, 0.5) is 11.5 Å². The lowest BCUT2D eigenvalue weighted by Crippen LogP contribution is -1.95. The van der Waals surface area contributed by atoms with Crippen LogP contribution in [0.1, 0.15) is 12.5 Å². The van der Waals surface area contributed by atoms with Crippen molar-refractivity contribution in [2.45, 2.75) is 13.3 Å². The van der Waals surface area contributed by atoms with E-state index in [-0.39, 0.29) is 5.75 Å². The minimum atomic E-state index is 0.272. The molecule has 0 aliphatic rings. The van der Waals surface area contributed by atoms with Crippen molar-refractivity contribution in [2.75, 3.05) is 5.32 Å². The number of hydrogen-bond donors (Lipinski definition) is 3. The molecule has 3 aromatic rings. The van der Waals surface area contributed by atoms with Crippen LogP contribution in [0.5, 0.6) is 5.75 Å². The lowest BCUT2D eigenvalue weighted by atomic mass is 10.1. The second-order valence-corrected chi connectivity index (χ2v) is 4.70. The summed E-state index contributed by atoms with van der Waals surface area (Å²) in [5.74, 6) is 0.990. The molecule has 2 heterocycles. The van der Waals surface area contributed by atoms with Crippen molar-refractivity contribution in [3.05, 3.63) is 54.2 Å². The number of anilines is 2. The first-order valence-corrected chi connectivity index (χ1v) is 6.82. The van der Waals surface area contributed by atoms with Crippen LogP contribution < -0.4 is 5.32 Å². The highest BCUT2D eigenvalue weighted by Crippen LogP contribution is 2.26. The van der Waals surface area contributed by atoms with Gasteiger partial charge in [-0.2, -0.15) is 5.10 Å². The van der Waals surface area contributed by atoms with E-state index in [0.29, 0.717) is 0 Å². The highest BCUT2D eigenvalue weighted by atomic mass is 16.3. The van der Waals surface area contributed by atoms with Crippen molar-refractivity contribution in [1.82, 2.24) is 15.2 Å². The lowest BCUT2D eigenvalue weighted by Gasteiger charge is -2.08. The van der Waals surface area contributed by atoms with Gasteiger partial charge in [-0.15, -0.1) is 0 Å². The van der Waals surface area contributed by atoms with Gasteiger partial charge in [0.15, 0.2) is 5.82 Å². The number of phenolic OH excluding ortho intramolecular Hbond substituents is 1. The monoisotopic (exact) mass is 280 g/mol. The third kappa shape index (κ3) is 2.86. The Hall–Kier alpha value is -2.82. The minimum Gasteiger partial charge on any atom is -0.508 e. The SMILES string of the molecule is CCc1cc(O)ccc1Nc1cc(-c2ccccn2)[nH]n1. The third-order valence-corrected chi connectivity index (χ3v) is 3.25. The van der Waals surface area contributed by atoms with Crippen LogP contribution in [0.2, 0.25) is 0 Å². The van der Waals surface area contributed by atoms with Crippen LogP contribution in [0.15, 0.2) is 48.7 Å². The summed E-state index contributed by atoms with van der Waals surface area (Å²) < 4.78 is 0. The molecule has 21 heavy (non-hydrogen) atoms. The fraction of sp³-hybridized carbons (Fsp3) is 0.125. The summed E-state index contributed by atoms with van der Waals surface area (Å²) in [5.41, 5.74) is 3.68. The number of phenols is 1. The van der Waals surface area contributed by atoms with Crippen LogP contribution >= 0.6 is 0 Å². The molecule has 0 radical (unpaired) electrons. The largest absolute Gasteiger partial charge is 0.508 e. The summed E-state index contributed by atoms with van der Waals surface area (Å²) in [6.07, 6.45) is 2.58. The zero-order valence-electron chi connectivity index (χ0n) is 11.7. The Morgan fingerprint density at radius 3 is 2.86 bits per heavy atom. The minimum absolute atomic E-state index is 0.272. The molecule has 0 bridgehead atoms. The van der Waals surface area contributed by atoms with E-state index in [1.54, 1.807) is 18.3 Å². The van der Waals surface area contributed by atoms with Gasteiger partial charge in [-0.25, -0.2) is 0 Å². The molecular formula is C16H16N4O. The van der Waals surface area contributed by atoms with E-state index in [0.717, 1.165) is 34.9 Å². The van der Waals surface area contributed by atoms with Gasteiger partial charge < -0.3 is 10.4 Å². The molecule has 0 amide bonds. The first-order chi connectivity index (χ1) is 10.3. The number of aromatic amines is 1. The van der Waals surface area contributed by atoms with E-state index >= 15 is 0 Å². The summed E-state index contributed by atoms with van der Waals surface area (Å²) in [6.45, 7) is 2.05. The Morgan fingerprint density at radius 2 is 2.10 bits per heavy atom. The van der Waals surface area contributed by atoms with Crippen LogP contribution in [-0.4, -0.2) is 20.3 Å². The predicted octanol–water partition coefficient (Wildman–Crippen LogP) is 3.48. The van der Waals surface area contributed by atoms with Gasteiger partial charge in [0.2, 0.25) is 0 Å². The Labute approximate surface area is 122 Å². The molecule has 3 rings (SSSR count). The summed E-state index contributed by atoms with van der Waals surface area (Å²) in [7, 11) is 0. The average molecular weight is 280 g/mol. The highest BCUT2D eigenvalue weighted by molar-refractivity contribution is 5.66. The first-order valence-electron chi connectivity index (χ1n) is 6.82. The van der Waals surface area contributed by atoms with E-state index < -0.39 is 0 Å². The molecule has 5 heteroatoms. The zero-order chi connectivity index (χ0) is 14.7. The molecule has 3 N–H and O–H groups in total. The number of aromatic hydroxyl groups is 1. The van der Waals surface area contributed by atoms with E-state index in [2.05, 4.69) is 20.5 Å². The number of rotatable bonds is 4. The van der Waals surface area contributed by atoms with Gasteiger partial charge >= 0.3 is 0 Å². The number of H-pyrrole nitrogens is 1. The molecule has 106 valence electrons. The molecular weight excluding hydrogens is 264 g/mol. The van der Waals surface area contributed by atoms with E-state index in [1.807, 2.05) is 37.3 Å². The predicted molar refractivity (Wildman–Crippen MR) is 82.6 cm³/mol. The van der Waals surface area contributed by atoms with E-state index in [4.69, 9.17) is 0 Å². The Bertz CT molecular complexity index is 737. The molecule has 1 aromatic carbocycles. The third-order valence-electron chi connectivity index (χ3n) is 3.25. The summed E-state index contributed by atoms with van der Waals surface area (Å²) in [5, 5.41) is 20.0. The zero-order valence-corrected chi connectivity index (χ0v) is 11.7. The topological polar surface area (TPSA) is 73.8 Å². The average Bonchev–Trinajstić information content (AvgIpc) is 2.98. The van der Waals surface area contributed by atoms with Crippen molar-refractivity contribution in [1.29, 1.82) is 0 Å². The maximum atomic E-state index is 9.53. The maximum Gasteiger partial charge on any atom is 0.152 e. The Morgan fingerprint density at radius 1 is 1.19 bits per heavy atom. The summed E-state index contributed by atoms with van der Waals surface area (Å²) in [4.78, 5) is 4.28. The van der Waals surface area contributed by atoms with E-state index in [1.165, 1.54) is 0 Å². The van der Waals surface area contributed by atoms with Gasteiger partial charge in [0.25, 0.3) is 0 Å². The molecule has 5 nitrogen and oxygen atoms in total.